The molecule has 11 heavy (non-hydrogen) atoms. The molecule has 0 rings (SSSR count). The maximum Gasteiger partial charge on any atom is 0.259 e. The molecule has 0 spiro atoms. The molecular weight excluding hydrogens is 174 g/mol. The third-order valence-corrected chi connectivity index (χ3v) is 0.906. The van der Waals surface area contributed by atoms with Crippen molar-refractivity contribution in [2.45, 2.75) is 31.6 Å². The van der Waals surface area contributed by atoms with E-state index in [-0.39, 0.29) is 0 Å². The van der Waals surface area contributed by atoms with Crippen molar-refractivity contribution < 1.29 is 26.3 Å². The second-order valence-electron chi connectivity index (χ2n) is 2.05. The molecule has 0 bridgehead atoms. The summed E-state index contributed by atoms with van der Waals surface area (Å²) in [6.07, 6.45) is -10.1. The molecule has 0 nitrogen and oxygen atoms in total. The van der Waals surface area contributed by atoms with E-state index in [2.05, 4.69) is 0 Å². The molecule has 0 aromatic heterocycles. The average Bonchev–Trinajstić information content (AvgIpc) is 1.53. The fourth-order valence-corrected chi connectivity index (χ4v) is 0.535. The van der Waals surface area contributed by atoms with Crippen LogP contribution >= 0.6 is 0 Å². The van der Waals surface area contributed by atoms with E-state index in [4.69, 9.17) is 0 Å². The van der Waals surface area contributed by atoms with E-state index >= 15 is 0 Å². The molecule has 0 heterocycles. The first-order valence-electron chi connectivity index (χ1n) is 2.77. The van der Waals surface area contributed by atoms with Gasteiger partial charge in [0.2, 0.25) is 12.9 Å². The Kier molecular flexibility index (Phi) is 3.68. The summed E-state index contributed by atoms with van der Waals surface area (Å²) >= 11 is 0. The zero-order chi connectivity index (χ0) is 9.07. The predicted octanol–water partition coefficient (Wildman–Crippen LogP) is 2.93. The maximum atomic E-state index is 12.0. The van der Waals surface area contributed by atoms with E-state index < -0.39 is 31.6 Å². The Bertz CT molecular complexity index is 97.5. The quantitative estimate of drug-likeness (QED) is 0.583. The molecule has 0 fully saturated rings. The van der Waals surface area contributed by atoms with Gasteiger partial charge in [0.1, 0.15) is 0 Å². The molecule has 68 valence electrons. The molecule has 6 heteroatoms. The molecule has 0 saturated heterocycles. The highest BCUT2D eigenvalue weighted by Gasteiger charge is 2.36. The van der Waals surface area contributed by atoms with Gasteiger partial charge in [0.25, 0.3) is 5.92 Å². The summed E-state index contributed by atoms with van der Waals surface area (Å²) in [6.45, 7) is 0. The number of alkyl halides is 6. The molecule has 0 aromatic rings. The Balaban J connectivity index is 3.79. The van der Waals surface area contributed by atoms with Gasteiger partial charge in [-0.05, 0) is 0 Å². The Morgan fingerprint density at radius 1 is 0.818 bits per heavy atom. The number of hydrogen-bond acceptors (Lipinski definition) is 0. The first kappa shape index (κ1) is 10.6. The van der Waals surface area contributed by atoms with Gasteiger partial charge in [-0.15, -0.1) is 0 Å². The third-order valence-electron chi connectivity index (χ3n) is 0.906. The van der Waals surface area contributed by atoms with E-state index in [1.165, 1.54) is 0 Å². The van der Waals surface area contributed by atoms with Crippen LogP contribution in [0.5, 0.6) is 0 Å². The van der Waals surface area contributed by atoms with Crippen LogP contribution in [0.25, 0.3) is 0 Å². The molecule has 0 N–H and O–H groups in total. The number of hydrogen-bond donors (Lipinski definition) is 0. The van der Waals surface area contributed by atoms with E-state index in [1.807, 2.05) is 0 Å². The number of halogens is 6. The van der Waals surface area contributed by atoms with Crippen LogP contribution in [-0.4, -0.2) is 18.8 Å². The lowest BCUT2D eigenvalue weighted by atomic mass is 10.2. The van der Waals surface area contributed by atoms with Gasteiger partial charge in [-0.1, -0.05) is 0 Å². The standard InChI is InChI=1S/C5H6F6/c6-3(7)1-5(10,11)2-4(8)9/h3-4H,1-2H2. The second kappa shape index (κ2) is 3.82. The molecule has 0 aliphatic heterocycles. The molecular formula is C5H6F6. The summed E-state index contributed by atoms with van der Waals surface area (Å²) in [5.74, 6) is -3.96. The zero-order valence-corrected chi connectivity index (χ0v) is 5.34. The molecule has 0 unspecified atom stereocenters. The lowest BCUT2D eigenvalue weighted by molar-refractivity contribution is -0.0895. The van der Waals surface area contributed by atoms with Crippen LogP contribution in [0.2, 0.25) is 0 Å². The van der Waals surface area contributed by atoms with Crippen molar-refractivity contribution in [3.05, 3.63) is 0 Å². The minimum absolute atomic E-state index is 1.79. The lowest BCUT2D eigenvalue weighted by Crippen LogP contribution is -2.22. The van der Waals surface area contributed by atoms with Gasteiger partial charge in [0, 0.05) is 0 Å². The Labute approximate surface area is 59.2 Å². The molecule has 0 saturated carbocycles. The Hall–Kier alpha value is -0.420. The Morgan fingerprint density at radius 3 is 1.27 bits per heavy atom. The minimum atomic E-state index is -3.96. The molecule has 0 aromatic carbocycles. The zero-order valence-electron chi connectivity index (χ0n) is 5.34. The highest BCUT2D eigenvalue weighted by molar-refractivity contribution is 4.68. The van der Waals surface area contributed by atoms with Crippen LogP contribution in [-0.2, 0) is 0 Å². The van der Waals surface area contributed by atoms with Gasteiger partial charge in [0.05, 0.1) is 12.8 Å². The van der Waals surface area contributed by atoms with E-state index in [1.54, 1.807) is 0 Å². The highest BCUT2D eigenvalue weighted by atomic mass is 19.3. The number of rotatable bonds is 4. The van der Waals surface area contributed by atoms with E-state index in [0.717, 1.165) is 0 Å². The monoisotopic (exact) mass is 180 g/mol. The van der Waals surface area contributed by atoms with Crippen molar-refractivity contribution in [3.63, 3.8) is 0 Å². The predicted molar refractivity (Wildman–Crippen MR) is 26.2 cm³/mol. The van der Waals surface area contributed by atoms with Gasteiger partial charge in [-0.2, -0.15) is 0 Å². The van der Waals surface area contributed by atoms with Crippen LogP contribution in [0.3, 0.4) is 0 Å². The fourth-order valence-electron chi connectivity index (χ4n) is 0.535. The van der Waals surface area contributed by atoms with Crippen LogP contribution in [0.1, 0.15) is 12.8 Å². The van der Waals surface area contributed by atoms with E-state index in [0.29, 0.717) is 0 Å². The van der Waals surface area contributed by atoms with Crippen molar-refractivity contribution in [2.24, 2.45) is 0 Å². The summed E-state index contributed by atoms with van der Waals surface area (Å²) < 4.78 is 69.0. The average molecular weight is 180 g/mol. The summed E-state index contributed by atoms with van der Waals surface area (Å²) in [7, 11) is 0. The highest BCUT2D eigenvalue weighted by Crippen LogP contribution is 2.28. The SMILES string of the molecule is FC(F)CC(F)(F)CC(F)F. The first-order valence-corrected chi connectivity index (χ1v) is 2.77. The molecule has 0 atom stereocenters. The second-order valence-corrected chi connectivity index (χ2v) is 2.05. The maximum absolute atomic E-state index is 12.0. The molecule has 0 amide bonds. The first-order chi connectivity index (χ1) is 4.83. The van der Waals surface area contributed by atoms with Crippen LogP contribution in [0.4, 0.5) is 26.3 Å². The van der Waals surface area contributed by atoms with Crippen LogP contribution < -0.4 is 0 Å². The third kappa shape index (κ3) is 6.00. The van der Waals surface area contributed by atoms with Crippen molar-refractivity contribution in [2.75, 3.05) is 0 Å². The summed E-state index contributed by atoms with van der Waals surface area (Å²) in [6, 6.07) is 0. The van der Waals surface area contributed by atoms with Crippen molar-refractivity contribution in [1.29, 1.82) is 0 Å². The van der Waals surface area contributed by atoms with Gasteiger partial charge in [-0.25, -0.2) is 26.3 Å². The smallest absolute Gasteiger partial charge is 0.210 e. The van der Waals surface area contributed by atoms with Gasteiger partial charge < -0.3 is 0 Å². The lowest BCUT2D eigenvalue weighted by Gasteiger charge is -2.14. The topological polar surface area (TPSA) is 0 Å². The molecule has 0 aliphatic rings. The van der Waals surface area contributed by atoms with Crippen molar-refractivity contribution >= 4 is 0 Å². The Morgan fingerprint density at radius 2 is 1.09 bits per heavy atom. The fraction of sp³-hybridized carbons (Fsp3) is 1.00. The minimum Gasteiger partial charge on any atom is -0.210 e. The van der Waals surface area contributed by atoms with Crippen molar-refractivity contribution in [3.8, 4) is 0 Å². The van der Waals surface area contributed by atoms with Crippen molar-refractivity contribution in [1.82, 2.24) is 0 Å². The van der Waals surface area contributed by atoms with Gasteiger partial charge in [0.15, 0.2) is 0 Å². The summed E-state index contributed by atoms with van der Waals surface area (Å²) in [5, 5.41) is 0. The van der Waals surface area contributed by atoms with E-state index in [9.17, 15) is 26.3 Å². The van der Waals surface area contributed by atoms with Crippen LogP contribution in [0.15, 0.2) is 0 Å². The van der Waals surface area contributed by atoms with Crippen LogP contribution in [0, 0.1) is 0 Å². The normalized spacial score (nSPS) is 13.1. The summed E-state index contributed by atoms with van der Waals surface area (Å²) in [5.41, 5.74) is 0. The largest absolute Gasteiger partial charge is 0.259 e. The molecule has 0 aliphatic carbocycles. The molecule has 0 radical (unpaired) electrons. The van der Waals surface area contributed by atoms with Gasteiger partial charge >= 0.3 is 0 Å². The van der Waals surface area contributed by atoms with Gasteiger partial charge in [-0.3, -0.25) is 0 Å². The summed E-state index contributed by atoms with van der Waals surface area (Å²) in [4.78, 5) is 0.